The minimum absolute atomic E-state index is 0.203. The zero-order valence-electron chi connectivity index (χ0n) is 7.22. The fourth-order valence-electron chi connectivity index (χ4n) is 1.73. The molecule has 0 radical (unpaired) electrons. The van der Waals surface area contributed by atoms with Crippen molar-refractivity contribution in [3.63, 3.8) is 0 Å². The second kappa shape index (κ2) is 2.69. The van der Waals surface area contributed by atoms with Crippen LogP contribution in [0.25, 0.3) is 0 Å². The molecule has 3 unspecified atom stereocenters. The van der Waals surface area contributed by atoms with Gasteiger partial charge in [-0.25, -0.2) is 0 Å². The summed E-state index contributed by atoms with van der Waals surface area (Å²) in [5.41, 5.74) is -0.154. The van der Waals surface area contributed by atoms with Gasteiger partial charge in [0.1, 0.15) is 5.60 Å². The van der Waals surface area contributed by atoms with Crippen LogP contribution in [0.1, 0.15) is 11.5 Å². The maximum absolute atomic E-state index is 9.75. The van der Waals surface area contributed by atoms with Gasteiger partial charge in [0, 0.05) is 5.92 Å². The summed E-state index contributed by atoms with van der Waals surface area (Å²) in [5, 5.41) is 19.2. The van der Waals surface area contributed by atoms with E-state index < -0.39 is 11.7 Å². The van der Waals surface area contributed by atoms with E-state index in [2.05, 4.69) is 6.58 Å². The van der Waals surface area contributed by atoms with Crippen molar-refractivity contribution < 1.29 is 10.2 Å². The molecule has 2 heteroatoms. The lowest BCUT2D eigenvalue weighted by atomic mass is 10.1. The third-order valence-corrected chi connectivity index (χ3v) is 2.66. The van der Waals surface area contributed by atoms with Gasteiger partial charge >= 0.3 is 0 Å². The molecule has 2 nitrogen and oxygen atoms in total. The van der Waals surface area contributed by atoms with Crippen LogP contribution < -0.4 is 0 Å². The summed E-state index contributed by atoms with van der Waals surface area (Å²) in [5.74, 6) is -0.203. The van der Waals surface area contributed by atoms with E-state index in [4.69, 9.17) is 0 Å². The molecule has 0 aliphatic heterocycles. The van der Waals surface area contributed by atoms with Gasteiger partial charge in [0.25, 0.3) is 0 Å². The van der Waals surface area contributed by atoms with Gasteiger partial charge < -0.3 is 10.2 Å². The van der Waals surface area contributed by atoms with Crippen LogP contribution >= 0.6 is 0 Å². The number of hydrogen-bond donors (Lipinski definition) is 2. The molecule has 3 atom stereocenters. The number of hydrogen-bond acceptors (Lipinski definition) is 2. The molecule has 1 fully saturated rings. The smallest absolute Gasteiger partial charge is 0.118 e. The van der Waals surface area contributed by atoms with Gasteiger partial charge in [-0.15, -0.1) is 6.58 Å². The average molecular weight is 176 g/mol. The molecule has 0 amide bonds. The minimum atomic E-state index is -1.11. The Kier molecular flexibility index (Phi) is 1.75. The van der Waals surface area contributed by atoms with Crippen molar-refractivity contribution in [2.45, 2.75) is 17.6 Å². The van der Waals surface area contributed by atoms with E-state index in [1.165, 1.54) is 6.08 Å². The number of rotatable bonds is 2. The quantitative estimate of drug-likeness (QED) is 0.661. The Labute approximate surface area is 77.1 Å². The van der Waals surface area contributed by atoms with Crippen molar-refractivity contribution in [3.8, 4) is 0 Å². The fraction of sp³-hybridized carbons (Fsp3) is 0.273. The molecule has 68 valence electrons. The summed E-state index contributed by atoms with van der Waals surface area (Å²) in [6.07, 6.45) is 0.711. The molecular weight excluding hydrogens is 164 g/mol. The van der Waals surface area contributed by atoms with Crippen LogP contribution in [0.3, 0.4) is 0 Å². The van der Waals surface area contributed by atoms with Crippen LogP contribution in [0, 0.1) is 0 Å². The molecule has 1 aliphatic rings. The highest BCUT2D eigenvalue weighted by atomic mass is 16.4. The predicted molar refractivity (Wildman–Crippen MR) is 50.3 cm³/mol. The van der Waals surface area contributed by atoms with Crippen LogP contribution in [0.15, 0.2) is 43.0 Å². The third-order valence-electron chi connectivity index (χ3n) is 2.66. The van der Waals surface area contributed by atoms with Crippen LogP contribution in [-0.4, -0.2) is 21.9 Å². The molecule has 0 aromatic heterocycles. The lowest BCUT2D eigenvalue weighted by Crippen LogP contribution is -2.09. The summed E-state index contributed by atoms with van der Waals surface area (Å²) in [6.45, 7) is 3.51. The minimum Gasteiger partial charge on any atom is -0.389 e. The van der Waals surface area contributed by atoms with E-state index >= 15 is 0 Å². The van der Waals surface area contributed by atoms with Gasteiger partial charge in [0.2, 0.25) is 0 Å². The number of aliphatic hydroxyl groups excluding tert-OH is 1. The van der Waals surface area contributed by atoms with Gasteiger partial charge in [0.15, 0.2) is 0 Å². The molecule has 1 aromatic carbocycles. The SMILES string of the molecule is C=CC1(O)C(O)C1c1ccccc1. The first-order valence-corrected chi connectivity index (χ1v) is 4.29. The summed E-state index contributed by atoms with van der Waals surface area (Å²) in [4.78, 5) is 0. The largest absolute Gasteiger partial charge is 0.389 e. The molecule has 1 aromatic rings. The highest BCUT2D eigenvalue weighted by Crippen LogP contribution is 2.52. The first kappa shape index (κ1) is 8.48. The van der Waals surface area contributed by atoms with Gasteiger partial charge in [-0.1, -0.05) is 36.4 Å². The van der Waals surface area contributed by atoms with E-state index in [0.717, 1.165) is 5.56 Å². The average Bonchev–Trinajstić information content (AvgIpc) is 2.72. The number of benzene rings is 1. The van der Waals surface area contributed by atoms with Gasteiger partial charge in [0.05, 0.1) is 6.10 Å². The Balaban J connectivity index is 2.28. The topological polar surface area (TPSA) is 40.5 Å². The zero-order valence-corrected chi connectivity index (χ0v) is 7.22. The lowest BCUT2D eigenvalue weighted by molar-refractivity contribution is 0.125. The highest BCUT2D eigenvalue weighted by Gasteiger charge is 2.62. The van der Waals surface area contributed by atoms with Crippen molar-refractivity contribution in [1.82, 2.24) is 0 Å². The Morgan fingerprint density at radius 1 is 1.31 bits per heavy atom. The van der Waals surface area contributed by atoms with Crippen LogP contribution in [0.5, 0.6) is 0 Å². The Morgan fingerprint density at radius 3 is 2.38 bits per heavy atom. The second-order valence-corrected chi connectivity index (χ2v) is 3.42. The van der Waals surface area contributed by atoms with E-state index in [-0.39, 0.29) is 5.92 Å². The molecule has 13 heavy (non-hydrogen) atoms. The molecule has 2 N–H and O–H groups in total. The maximum atomic E-state index is 9.75. The predicted octanol–water partition coefficient (Wildman–Crippen LogP) is 1.06. The third kappa shape index (κ3) is 1.10. The summed E-state index contributed by atoms with van der Waals surface area (Å²) in [6, 6.07) is 9.49. The highest BCUT2D eigenvalue weighted by molar-refractivity contribution is 5.39. The molecular formula is C11H12O2. The van der Waals surface area contributed by atoms with E-state index in [0.29, 0.717) is 0 Å². The van der Waals surface area contributed by atoms with Crippen molar-refractivity contribution >= 4 is 0 Å². The summed E-state index contributed by atoms with van der Waals surface area (Å²) < 4.78 is 0. The molecule has 0 heterocycles. The molecule has 1 saturated carbocycles. The van der Waals surface area contributed by atoms with Crippen molar-refractivity contribution in [2.75, 3.05) is 0 Å². The van der Waals surface area contributed by atoms with Crippen LogP contribution in [0.4, 0.5) is 0 Å². The van der Waals surface area contributed by atoms with Crippen LogP contribution in [0.2, 0.25) is 0 Å². The van der Waals surface area contributed by atoms with E-state index in [9.17, 15) is 10.2 Å². The normalized spacial score (nSPS) is 37.1. The lowest BCUT2D eigenvalue weighted by Gasteiger charge is -2.01. The Morgan fingerprint density at radius 2 is 1.92 bits per heavy atom. The molecule has 1 aliphatic carbocycles. The van der Waals surface area contributed by atoms with Gasteiger partial charge in [-0.3, -0.25) is 0 Å². The monoisotopic (exact) mass is 176 g/mol. The summed E-state index contributed by atoms with van der Waals surface area (Å²) >= 11 is 0. The van der Waals surface area contributed by atoms with Gasteiger partial charge in [-0.2, -0.15) is 0 Å². The van der Waals surface area contributed by atoms with E-state index in [1.54, 1.807) is 0 Å². The standard InChI is InChI=1S/C11H12O2/c1-2-11(13)9(10(11)12)8-6-4-3-5-7-8/h2-7,9-10,12-13H,1H2. The molecule has 0 bridgehead atoms. The Bertz CT molecular complexity index is 320. The maximum Gasteiger partial charge on any atom is 0.118 e. The number of aliphatic hydroxyl groups is 2. The van der Waals surface area contributed by atoms with Crippen molar-refractivity contribution in [2.24, 2.45) is 0 Å². The van der Waals surface area contributed by atoms with Crippen LogP contribution in [-0.2, 0) is 0 Å². The Hall–Kier alpha value is -1.12. The first-order valence-electron chi connectivity index (χ1n) is 4.29. The molecule has 2 rings (SSSR count). The second-order valence-electron chi connectivity index (χ2n) is 3.42. The fourth-order valence-corrected chi connectivity index (χ4v) is 1.73. The molecule has 0 saturated heterocycles. The zero-order chi connectivity index (χ0) is 9.47. The summed E-state index contributed by atoms with van der Waals surface area (Å²) in [7, 11) is 0. The van der Waals surface area contributed by atoms with Crippen molar-refractivity contribution in [1.29, 1.82) is 0 Å². The first-order chi connectivity index (χ1) is 6.20. The van der Waals surface area contributed by atoms with Crippen molar-refractivity contribution in [3.05, 3.63) is 48.6 Å². The molecule has 0 spiro atoms. The van der Waals surface area contributed by atoms with Gasteiger partial charge in [-0.05, 0) is 5.56 Å². The van der Waals surface area contributed by atoms with E-state index in [1.807, 2.05) is 30.3 Å².